The monoisotopic (exact) mass is 284 g/mol. The average molecular weight is 284 g/mol. The van der Waals surface area contributed by atoms with Gasteiger partial charge in [0, 0.05) is 32.6 Å². The molecular formula is C15H28N2O3. The second kappa shape index (κ2) is 8.82. The van der Waals surface area contributed by atoms with Gasteiger partial charge in [-0.3, -0.25) is 4.79 Å². The Morgan fingerprint density at radius 1 is 1.35 bits per heavy atom. The molecule has 1 unspecified atom stereocenters. The molecule has 0 radical (unpaired) electrons. The summed E-state index contributed by atoms with van der Waals surface area (Å²) < 4.78 is 0. The van der Waals surface area contributed by atoms with E-state index in [9.17, 15) is 9.59 Å². The molecule has 5 heteroatoms. The van der Waals surface area contributed by atoms with Crippen molar-refractivity contribution in [3.05, 3.63) is 0 Å². The topological polar surface area (TPSA) is 60.9 Å². The van der Waals surface area contributed by atoms with Crippen molar-refractivity contribution in [3.63, 3.8) is 0 Å². The third kappa shape index (κ3) is 5.39. The number of carboxylic acid groups (broad SMARTS) is 1. The van der Waals surface area contributed by atoms with Crippen LogP contribution in [0.4, 0.5) is 4.79 Å². The van der Waals surface area contributed by atoms with Crippen molar-refractivity contribution in [1.82, 2.24) is 9.80 Å². The minimum atomic E-state index is -0.744. The maximum Gasteiger partial charge on any atom is 0.319 e. The van der Waals surface area contributed by atoms with E-state index >= 15 is 0 Å². The van der Waals surface area contributed by atoms with Gasteiger partial charge in [-0.05, 0) is 38.5 Å². The zero-order chi connectivity index (χ0) is 15.0. The van der Waals surface area contributed by atoms with E-state index < -0.39 is 5.97 Å². The minimum absolute atomic E-state index is 0.126. The van der Waals surface area contributed by atoms with Crippen LogP contribution < -0.4 is 0 Å². The Balaban J connectivity index is 2.47. The van der Waals surface area contributed by atoms with Crippen LogP contribution in [0, 0.1) is 5.92 Å². The number of hydrogen-bond donors (Lipinski definition) is 1. The summed E-state index contributed by atoms with van der Waals surface area (Å²) in [6.45, 7) is 7.23. The fourth-order valence-corrected chi connectivity index (χ4v) is 2.74. The summed E-state index contributed by atoms with van der Waals surface area (Å²) in [4.78, 5) is 26.9. The normalized spacial score (nSPS) is 18.9. The van der Waals surface area contributed by atoms with Crippen molar-refractivity contribution in [1.29, 1.82) is 0 Å². The molecule has 1 aliphatic rings. The lowest BCUT2D eigenvalue weighted by Gasteiger charge is -2.36. The van der Waals surface area contributed by atoms with Crippen LogP contribution in [-0.4, -0.2) is 53.1 Å². The Bertz CT molecular complexity index is 320. The quantitative estimate of drug-likeness (QED) is 0.782. The van der Waals surface area contributed by atoms with Crippen molar-refractivity contribution >= 4 is 12.0 Å². The first-order valence-corrected chi connectivity index (χ1v) is 7.84. The Morgan fingerprint density at radius 3 is 2.70 bits per heavy atom. The molecule has 0 saturated carbocycles. The average Bonchev–Trinajstić information content (AvgIpc) is 2.46. The number of aliphatic carboxylic acids is 1. The third-order valence-electron chi connectivity index (χ3n) is 3.99. The number of carboxylic acids is 1. The van der Waals surface area contributed by atoms with Crippen LogP contribution in [0.15, 0.2) is 0 Å². The molecule has 1 aliphatic heterocycles. The fourth-order valence-electron chi connectivity index (χ4n) is 2.74. The standard InChI is InChI=1S/C15H28N2O3/c1-3-5-10-16(4-2)15(20)17-11-6-7-13(12-17)8-9-14(18)19/h13H,3-12H2,1-2H3,(H,18,19). The molecule has 1 atom stereocenters. The summed E-state index contributed by atoms with van der Waals surface area (Å²) in [6, 6.07) is 0.126. The predicted molar refractivity (Wildman–Crippen MR) is 78.7 cm³/mol. The summed E-state index contributed by atoms with van der Waals surface area (Å²) in [5.74, 6) is -0.403. The molecule has 2 amide bonds. The summed E-state index contributed by atoms with van der Waals surface area (Å²) >= 11 is 0. The maximum absolute atomic E-state index is 12.5. The summed E-state index contributed by atoms with van der Waals surface area (Å²) in [5.41, 5.74) is 0. The maximum atomic E-state index is 12.5. The summed E-state index contributed by atoms with van der Waals surface area (Å²) in [5, 5.41) is 8.75. The lowest BCUT2D eigenvalue weighted by atomic mass is 9.93. The van der Waals surface area contributed by atoms with Crippen molar-refractivity contribution in [2.75, 3.05) is 26.2 Å². The van der Waals surface area contributed by atoms with Gasteiger partial charge in [0.05, 0.1) is 0 Å². The van der Waals surface area contributed by atoms with Gasteiger partial charge in [-0.2, -0.15) is 0 Å². The van der Waals surface area contributed by atoms with Gasteiger partial charge in [0.15, 0.2) is 0 Å². The van der Waals surface area contributed by atoms with E-state index in [1.807, 2.05) is 16.7 Å². The van der Waals surface area contributed by atoms with Crippen LogP contribution in [-0.2, 0) is 4.79 Å². The number of carbonyl (C=O) groups excluding carboxylic acids is 1. The molecule has 0 spiro atoms. The Kier molecular flexibility index (Phi) is 7.41. The van der Waals surface area contributed by atoms with Crippen LogP contribution in [0.3, 0.4) is 0 Å². The highest BCUT2D eigenvalue weighted by Crippen LogP contribution is 2.22. The first-order valence-electron chi connectivity index (χ1n) is 7.84. The molecule has 5 nitrogen and oxygen atoms in total. The molecule has 116 valence electrons. The van der Waals surface area contributed by atoms with Crippen molar-refractivity contribution in [2.45, 2.75) is 52.4 Å². The zero-order valence-corrected chi connectivity index (χ0v) is 12.8. The van der Waals surface area contributed by atoms with Crippen molar-refractivity contribution in [2.24, 2.45) is 5.92 Å². The van der Waals surface area contributed by atoms with Crippen LogP contribution in [0.1, 0.15) is 52.4 Å². The van der Waals surface area contributed by atoms with Gasteiger partial charge in [0.2, 0.25) is 0 Å². The van der Waals surface area contributed by atoms with Gasteiger partial charge in [0.25, 0.3) is 0 Å². The number of piperidine rings is 1. The van der Waals surface area contributed by atoms with E-state index in [1.165, 1.54) is 0 Å². The molecule has 1 fully saturated rings. The van der Waals surface area contributed by atoms with Gasteiger partial charge in [0.1, 0.15) is 0 Å². The molecule has 1 rings (SSSR count). The lowest BCUT2D eigenvalue weighted by Crippen LogP contribution is -2.47. The smallest absolute Gasteiger partial charge is 0.319 e. The molecule has 0 aliphatic carbocycles. The Labute approximate surface area is 121 Å². The number of unbranched alkanes of at least 4 members (excludes halogenated alkanes) is 1. The molecule has 0 aromatic rings. The fraction of sp³-hybridized carbons (Fsp3) is 0.867. The van der Waals surface area contributed by atoms with Gasteiger partial charge < -0.3 is 14.9 Å². The predicted octanol–water partition coefficient (Wildman–Crippen LogP) is 2.81. The largest absolute Gasteiger partial charge is 0.481 e. The van der Waals surface area contributed by atoms with Crippen LogP contribution >= 0.6 is 0 Å². The summed E-state index contributed by atoms with van der Waals surface area (Å²) in [7, 11) is 0. The molecule has 0 aromatic heterocycles. The van der Waals surface area contributed by atoms with Gasteiger partial charge >= 0.3 is 12.0 Å². The van der Waals surface area contributed by atoms with Gasteiger partial charge in [-0.25, -0.2) is 4.79 Å². The van der Waals surface area contributed by atoms with E-state index in [2.05, 4.69) is 6.92 Å². The zero-order valence-electron chi connectivity index (χ0n) is 12.8. The van der Waals surface area contributed by atoms with E-state index in [1.54, 1.807) is 0 Å². The Hall–Kier alpha value is -1.26. The SMILES string of the molecule is CCCCN(CC)C(=O)N1CCCC(CCC(=O)O)C1. The van der Waals surface area contributed by atoms with E-state index in [4.69, 9.17) is 5.11 Å². The molecular weight excluding hydrogens is 256 g/mol. The van der Waals surface area contributed by atoms with Crippen molar-refractivity contribution < 1.29 is 14.7 Å². The van der Waals surface area contributed by atoms with E-state index in [0.29, 0.717) is 12.3 Å². The third-order valence-corrected chi connectivity index (χ3v) is 3.99. The molecule has 0 aromatic carbocycles. The number of amides is 2. The summed E-state index contributed by atoms with van der Waals surface area (Å²) in [6.07, 6.45) is 5.04. The number of rotatable bonds is 7. The van der Waals surface area contributed by atoms with Crippen LogP contribution in [0.5, 0.6) is 0 Å². The van der Waals surface area contributed by atoms with E-state index in [0.717, 1.165) is 51.9 Å². The molecule has 0 bridgehead atoms. The van der Waals surface area contributed by atoms with Gasteiger partial charge in [-0.1, -0.05) is 13.3 Å². The number of urea groups is 1. The Morgan fingerprint density at radius 2 is 2.10 bits per heavy atom. The van der Waals surface area contributed by atoms with Crippen molar-refractivity contribution in [3.8, 4) is 0 Å². The number of hydrogen-bond acceptors (Lipinski definition) is 2. The van der Waals surface area contributed by atoms with Gasteiger partial charge in [-0.15, -0.1) is 0 Å². The minimum Gasteiger partial charge on any atom is -0.481 e. The highest BCUT2D eigenvalue weighted by Gasteiger charge is 2.26. The molecule has 20 heavy (non-hydrogen) atoms. The highest BCUT2D eigenvalue weighted by molar-refractivity contribution is 5.74. The first-order chi connectivity index (χ1) is 9.58. The van der Waals surface area contributed by atoms with Crippen LogP contribution in [0.2, 0.25) is 0 Å². The van der Waals surface area contributed by atoms with Crippen LogP contribution in [0.25, 0.3) is 0 Å². The molecule has 1 saturated heterocycles. The number of carbonyl (C=O) groups is 2. The lowest BCUT2D eigenvalue weighted by molar-refractivity contribution is -0.137. The molecule has 1 heterocycles. The van der Waals surface area contributed by atoms with E-state index in [-0.39, 0.29) is 12.5 Å². The second-order valence-electron chi connectivity index (χ2n) is 5.60. The number of nitrogens with zero attached hydrogens (tertiary/aromatic N) is 2. The number of likely N-dealkylation sites (tertiary alicyclic amines) is 1. The first kappa shape index (κ1) is 16.8. The highest BCUT2D eigenvalue weighted by atomic mass is 16.4. The molecule has 1 N–H and O–H groups in total. The second-order valence-corrected chi connectivity index (χ2v) is 5.60.